The number of hydrogen-bond acceptors (Lipinski definition) is 4. The molecule has 31 heavy (non-hydrogen) atoms. The molecular weight excluding hydrogens is 465 g/mol. The van der Waals surface area contributed by atoms with Crippen molar-refractivity contribution >= 4 is 29.1 Å². The van der Waals surface area contributed by atoms with E-state index in [1.807, 2.05) is 0 Å². The molecule has 13 heteroatoms. The van der Waals surface area contributed by atoms with Crippen molar-refractivity contribution in [2.75, 3.05) is 0 Å². The molecule has 0 aliphatic rings. The second kappa shape index (κ2) is 8.67. The average molecular weight is 478 g/mol. The van der Waals surface area contributed by atoms with Gasteiger partial charge in [0.25, 0.3) is 0 Å². The van der Waals surface area contributed by atoms with Gasteiger partial charge in [0.05, 0.1) is 16.1 Å². The summed E-state index contributed by atoms with van der Waals surface area (Å²) in [6.45, 7) is 0.726. The maximum Gasteiger partial charge on any atom is 0.452 e. The number of hydrogen-bond donors (Lipinski definition) is 1. The van der Waals surface area contributed by atoms with Gasteiger partial charge in [0.15, 0.2) is 0 Å². The normalized spacial score (nSPS) is 12.6. The lowest BCUT2D eigenvalue weighted by Gasteiger charge is -2.14. The molecule has 0 unspecified atom stereocenters. The molecule has 164 valence electrons. The van der Waals surface area contributed by atoms with Crippen molar-refractivity contribution in [3.8, 4) is 5.82 Å². The first-order valence-corrected chi connectivity index (χ1v) is 9.36. The van der Waals surface area contributed by atoms with Crippen LogP contribution in [0.15, 0.2) is 41.3 Å². The quantitative estimate of drug-likeness (QED) is 0.567. The van der Waals surface area contributed by atoms with Crippen molar-refractivity contribution in [3.63, 3.8) is 0 Å². The lowest BCUT2D eigenvalue weighted by Crippen LogP contribution is -2.35. The molecule has 0 spiro atoms. The van der Waals surface area contributed by atoms with E-state index in [1.165, 1.54) is 25.1 Å². The summed E-state index contributed by atoms with van der Waals surface area (Å²) < 4.78 is 54.4. The predicted molar refractivity (Wildman–Crippen MR) is 104 cm³/mol. The SMILES string of the molecule is C[C@H](NC(=O)Cn1nc(C(F)(F)F)n(-c2ccc(Cl)cn2)c1=O)c1ccc(Cl)c(F)c1. The first-order valence-electron chi connectivity index (χ1n) is 8.60. The van der Waals surface area contributed by atoms with Gasteiger partial charge in [0.1, 0.15) is 18.2 Å². The fraction of sp³-hybridized carbons (Fsp3) is 0.222. The Hall–Kier alpha value is -2.92. The molecule has 1 atom stereocenters. The summed E-state index contributed by atoms with van der Waals surface area (Å²) in [5.74, 6) is -3.42. The van der Waals surface area contributed by atoms with Gasteiger partial charge in [-0.1, -0.05) is 29.3 Å². The number of rotatable bonds is 5. The molecule has 3 rings (SSSR count). The van der Waals surface area contributed by atoms with Crippen LogP contribution in [0.5, 0.6) is 0 Å². The Bertz CT molecular complexity index is 1180. The lowest BCUT2D eigenvalue weighted by molar-refractivity contribution is -0.146. The van der Waals surface area contributed by atoms with Crippen LogP contribution in [-0.4, -0.2) is 25.2 Å². The maximum atomic E-state index is 13.6. The fourth-order valence-corrected chi connectivity index (χ4v) is 2.92. The summed E-state index contributed by atoms with van der Waals surface area (Å²) in [5.41, 5.74) is -0.850. The summed E-state index contributed by atoms with van der Waals surface area (Å²) in [6.07, 6.45) is -3.92. The maximum absolute atomic E-state index is 13.6. The molecule has 0 aliphatic heterocycles. The molecule has 0 saturated carbocycles. The molecule has 2 heterocycles. The third-order valence-electron chi connectivity index (χ3n) is 4.15. The fourth-order valence-electron chi connectivity index (χ4n) is 2.69. The first-order chi connectivity index (χ1) is 14.5. The Balaban J connectivity index is 1.87. The van der Waals surface area contributed by atoms with Crippen molar-refractivity contribution in [1.29, 1.82) is 0 Å². The number of halogens is 6. The zero-order valence-electron chi connectivity index (χ0n) is 15.6. The van der Waals surface area contributed by atoms with E-state index >= 15 is 0 Å². The minimum atomic E-state index is -4.99. The van der Waals surface area contributed by atoms with Gasteiger partial charge in [0, 0.05) is 6.20 Å². The number of pyridine rings is 1. The zero-order valence-corrected chi connectivity index (χ0v) is 17.1. The molecule has 1 N–H and O–H groups in total. The molecule has 1 aromatic carbocycles. The highest BCUT2D eigenvalue weighted by Crippen LogP contribution is 2.28. The molecule has 1 amide bonds. The topological polar surface area (TPSA) is 81.8 Å². The van der Waals surface area contributed by atoms with Gasteiger partial charge in [-0.3, -0.25) is 4.79 Å². The van der Waals surface area contributed by atoms with E-state index in [2.05, 4.69) is 15.4 Å². The van der Waals surface area contributed by atoms with Gasteiger partial charge < -0.3 is 5.32 Å². The largest absolute Gasteiger partial charge is 0.452 e. The lowest BCUT2D eigenvalue weighted by atomic mass is 10.1. The van der Waals surface area contributed by atoms with E-state index in [0.717, 1.165) is 18.3 Å². The highest BCUT2D eigenvalue weighted by atomic mass is 35.5. The Morgan fingerprint density at radius 2 is 1.94 bits per heavy atom. The van der Waals surface area contributed by atoms with E-state index < -0.39 is 42.0 Å². The molecule has 0 fully saturated rings. The van der Waals surface area contributed by atoms with Gasteiger partial charge >= 0.3 is 11.9 Å². The molecule has 0 bridgehead atoms. The van der Waals surface area contributed by atoms with E-state index in [0.29, 0.717) is 10.2 Å². The van der Waals surface area contributed by atoms with Crippen LogP contribution in [0.2, 0.25) is 10.0 Å². The van der Waals surface area contributed by atoms with Gasteiger partial charge in [-0.15, -0.1) is 5.10 Å². The molecule has 0 aliphatic carbocycles. The number of amides is 1. The number of nitrogens with one attached hydrogen (secondary N) is 1. The van der Waals surface area contributed by atoms with Crippen LogP contribution in [0.4, 0.5) is 17.6 Å². The number of alkyl halides is 3. The molecule has 0 radical (unpaired) electrons. The van der Waals surface area contributed by atoms with Crippen LogP contribution in [0.25, 0.3) is 5.82 Å². The predicted octanol–water partition coefficient (Wildman–Crippen LogP) is 3.77. The van der Waals surface area contributed by atoms with Crippen LogP contribution >= 0.6 is 23.2 Å². The molecule has 3 aromatic rings. The molecule has 2 aromatic heterocycles. The van der Waals surface area contributed by atoms with Crippen LogP contribution in [0.3, 0.4) is 0 Å². The van der Waals surface area contributed by atoms with Gasteiger partial charge in [0.2, 0.25) is 11.7 Å². The minimum absolute atomic E-state index is 0.102. The standard InChI is InChI=1S/C18H13Cl2F4N5O2/c1-9(10-2-4-12(20)13(21)6-10)26-15(30)8-28-17(31)29(16(27-28)18(22,23)24)14-5-3-11(19)7-25-14/h2-7,9H,8H2,1H3,(H,26,30)/t9-/m0/s1. The monoisotopic (exact) mass is 477 g/mol. The summed E-state index contributed by atoms with van der Waals surface area (Å²) in [5, 5.41) is 5.77. The van der Waals surface area contributed by atoms with Crippen LogP contribution in [-0.2, 0) is 17.5 Å². The molecule has 0 saturated heterocycles. The molecular formula is C18H13Cl2F4N5O2. The van der Waals surface area contributed by atoms with E-state index in [-0.39, 0.29) is 20.4 Å². The number of aromatic nitrogens is 4. The van der Waals surface area contributed by atoms with Crippen molar-refractivity contribution in [2.24, 2.45) is 0 Å². The highest BCUT2D eigenvalue weighted by molar-refractivity contribution is 6.30. The highest BCUT2D eigenvalue weighted by Gasteiger charge is 2.40. The zero-order chi connectivity index (χ0) is 22.9. The Morgan fingerprint density at radius 3 is 2.52 bits per heavy atom. The second-order valence-electron chi connectivity index (χ2n) is 6.39. The van der Waals surface area contributed by atoms with Crippen molar-refractivity contribution in [1.82, 2.24) is 24.6 Å². The number of carbonyl (C=O) groups excluding carboxylic acids is 1. The van der Waals surface area contributed by atoms with Crippen molar-refractivity contribution < 1.29 is 22.4 Å². The van der Waals surface area contributed by atoms with Crippen LogP contribution in [0.1, 0.15) is 24.4 Å². The van der Waals surface area contributed by atoms with Gasteiger partial charge in [-0.2, -0.15) is 13.2 Å². The number of nitrogens with zero attached hydrogens (tertiary/aromatic N) is 4. The first kappa shape index (κ1) is 22.8. The number of carbonyl (C=O) groups is 1. The summed E-state index contributed by atoms with van der Waals surface area (Å²) >= 11 is 11.3. The van der Waals surface area contributed by atoms with Gasteiger partial charge in [-0.05, 0) is 36.8 Å². The summed E-state index contributed by atoms with van der Waals surface area (Å²) in [4.78, 5) is 28.5. The summed E-state index contributed by atoms with van der Waals surface area (Å²) in [7, 11) is 0. The Labute approximate surface area is 182 Å². The Morgan fingerprint density at radius 1 is 1.23 bits per heavy atom. The van der Waals surface area contributed by atoms with E-state index in [9.17, 15) is 27.2 Å². The van der Waals surface area contributed by atoms with Crippen LogP contribution in [0, 0.1) is 5.82 Å². The van der Waals surface area contributed by atoms with Crippen LogP contribution < -0.4 is 11.0 Å². The smallest absolute Gasteiger partial charge is 0.348 e. The van der Waals surface area contributed by atoms with E-state index in [1.54, 1.807) is 0 Å². The van der Waals surface area contributed by atoms with Crippen molar-refractivity contribution in [2.45, 2.75) is 25.7 Å². The molecule has 7 nitrogen and oxygen atoms in total. The average Bonchev–Trinajstić information content (AvgIpc) is 3.01. The van der Waals surface area contributed by atoms with Crippen molar-refractivity contribution in [3.05, 3.63) is 74.3 Å². The van der Waals surface area contributed by atoms with Gasteiger partial charge in [-0.25, -0.2) is 23.4 Å². The van der Waals surface area contributed by atoms with E-state index in [4.69, 9.17) is 23.2 Å². The Kier molecular flexibility index (Phi) is 6.37. The second-order valence-corrected chi connectivity index (χ2v) is 7.24. The minimum Gasteiger partial charge on any atom is -0.348 e. The third-order valence-corrected chi connectivity index (χ3v) is 4.68. The third kappa shape index (κ3) is 5.05. The number of benzene rings is 1. The summed E-state index contributed by atoms with van der Waals surface area (Å²) in [6, 6.07) is 5.55.